The maximum Gasteiger partial charge on any atom is 0.332 e. The normalized spacial score (nSPS) is 26.7. The van der Waals surface area contributed by atoms with E-state index in [0.29, 0.717) is 11.4 Å². The number of hydrogen-bond acceptors (Lipinski definition) is 5. The van der Waals surface area contributed by atoms with Gasteiger partial charge in [-0.05, 0) is 37.3 Å². The van der Waals surface area contributed by atoms with Crippen LogP contribution in [0.5, 0.6) is 5.75 Å². The number of rotatable bonds is 3. The summed E-state index contributed by atoms with van der Waals surface area (Å²) >= 11 is 3.48. The van der Waals surface area contributed by atoms with Crippen LogP contribution in [-0.2, 0) is 14.3 Å². The molecule has 0 aromatic heterocycles. The molecule has 0 spiro atoms. The average Bonchev–Trinajstić information content (AvgIpc) is 3.22. The molecule has 2 aromatic rings. The van der Waals surface area contributed by atoms with Crippen LogP contribution >= 0.6 is 15.9 Å². The Kier molecular flexibility index (Phi) is 4.54. The molecule has 3 heterocycles. The van der Waals surface area contributed by atoms with Gasteiger partial charge in [-0.3, -0.25) is 9.59 Å². The molecule has 2 fully saturated rings. The quantitative estimate of drug-likeness (QED) is 0.506. The highest BCUT2D eigenvalue weighted by Crippen LogP contribution is 2.54. The predicted molar refractivity (Wildman–Crippen MR) is 111 cm³/mol. The maximum atomic E-state index is 13.5. The fraction of sp³-hybridized carbons (Fsp3) is 0.318. The highest BCUT2D eigenvalue weighted by atomic mass is 79.9. The molecule has 4 atom stereocenters. The van der Waals surface area contributed by atoms with Crippen molar-refractivity contribution in [2.45, 2.75) is 19.0 Å². The van der Waals surface area contributed by atoms with E-state index in [1.54, 1.807) is 36.1 Å². The molecule has 5 rings (SSSR count). The molecule has 7 nitrogen and oxygen atoms in total. The molecule has 0 N–H and O–H groups in total. The van der Waals surface area contributed by atoms with E-state index < -0.39 is 35.9 Å². The van der Waals surface area contributed by atoms with Crippen LogP contribution in [0.25, 0.3) is 0 Å². The van der Waals surface area contributed by atoms with E-state index in [1.807, 2.05) is 24.3 Å². The van der Waals surface area contributed by atoms with Crippen LogP contribution in [0.3, 0.4) is 0 Å². The van der Waals surface area contributed by atoms with Gasteiger partial charge in [-0.1, -0.05) is 34.1 Å². The number of halogens is 1. The highest BCUT2D eigenvalue weighted by Gasteiger charge is 2.65. The zero-order valence-electron chi connectivity index (χ0n) is 16.2. The van der Waals surface area contributed by atoms with E-state index in [9.17, 15) is 14.4 Å². The third-order valence-corrected chi connectivity index (χ3v) is 6.48. The molecule has 0 bridgehead atoms. The maximum absolute atomic E-state index is 13.5. The number of imide groups is 1. The van der Waals surface area contributed by atoms with Crippen LogP contribution in [0.1, 0.15) is 18.5 Å². The molecule has 2 aromatic carbocycles. The lowest BCUT2D eigenvalue weighted by Crippen LogP contribution is -2.42. The van der Waals surface area contributed by atoms with Crippen molar-refractivity contribution in [1.82, 2.24) is 4.90 Å². The molecule has 154 valence electrons. The number of para-hydroxylation sites is 1. The minimum atomic E-state index is -0.916. The van der Waals surface area contributed by atoms with Crippen molar-refractivity contribution in [2.24, 2.45) is 11.8 Å². The zero-order valence-corrected chi connectivity index (χ0v) is 17.7. The van der Waals surface area contributed by atoms with Crippen LogP contribution < -0.4 is 9.64 Å². The molecule has 0 radical (unpaired) electrons. The first-order valence-electron chi connectivity index (χ1n) is 9.83. The first-order valence-corrected chi connectivity index (χ1v) is 10.6. The van der Waals surface area contributed by atoms with E-state index in [-0.39, 0.29) is 19.1 Å². The Bertz CT molecular complexity index is 1040. The largest absolute Gasteiger partial charge is 0.493 e. The number of fused-ring (bicyclic) bond motifs is 5. The molecule has 0 saturated carbocycles. The van der Waals surface area contributed by atoms with E-state index in [4.69, 9.17) is 9.47 Å². The summed E-state index contributed by atoms with van der Waals surface area (Å²) in [6.45, 7) is 2.17. The Balaban J connectivity index is 1.64. The topological polar surface area (TPSA) is 76.2 Å². The molecule has 0 unspecified atom stereocenters. The van der Waals surface area contributed by atoms with E-state index >= 15 is 0 Å². The summed E-state index contributed by atoms with van der Waals surface area (Å²) < 4.78 is 12.0. The van der Waals surface area contributed by atoms with Crippen LogP contribution in [0.15, 0.2) is 53.0 Å². The van der Waals surface area contributed by atoms with Gasteiger partial charge in [0.25, 0.3) is 5.91 Å². The minimum Gasteiger partial charge on any atom is -0.493 e. The van der Waals surface area contributed by atoms with E-state index in [0.717, 1.165) is 10.0 Å². The van der Waals surface area contributed by atoms with Crippen molar-refractivity contribution in [1.29, 1.82) is 0 Å². The Morgan fingerprint density at radius 2 is 1.93 bits per heavy atom. The van der Waals surface area contributed by atoms with Crippen molar-refractivity contribution >= 4 is 39.5 Å². The number of esters is 1. The van der Waals surface area contributed by atoms with Gasteiger partial charge in [-0.2, -0.15) is 0 Å². The Hall–Kier alpha value is -2.87. The summed E-state index contributed by atoms with van der Waals surface area (Å²) in [5.41, 5.74) is 1.27. The molecule has 3 aliphatic rings. The van der Waals surface area contributed by atoms with Crippen molar-refractivity contribution in [2.75, 3.05) is 18.1 Å². The number of nitrogens with zero attached hydrogens (tertiary/aromatic N) is 2. The molecule has 2 saturated heterocycles. The molecule has 0 aliphatic carbocycles. The van der Waals surface area contributed by atoms with Gasteiger partial charge in [0.1, 0.15) is 11.8 Å². The van der Waals surface area contributed by atoms with Crippen molar-refractivity contribution in [3.05, 3.63) is 58.6 Å². The second-order valence-corrected chi connectivity index (χ2v) is 8.44. The monoisotopic (exact) mass is 470 g/mol. The van der Waals surface area contributed by atoms with Gasteiger partial charge in [0, 0.05) is 16.0 Å². The second-order valence-electron chi connectivity index (χ2n) is 7.52. The Morgan fingerprint density at radius 3 is 2.67 bits per heavy atom. The molecular formula is C22H19BrN2O5. The Labute approximate surface area is 181 Å². The molecule has 8 heteroatoms. The third-order valence-electron chi connectivity index (χ3n) is 5.99. The van der Waals surface area contributed by atoms with Gasteiger partial charge in [0.15, 0.2) is 0 Å². The summed E-state index contributed by atoms with van der Waals surface area (Å²) in [5, 5.41) is 0. The number of benzene rings is 2. The SMILES string of the molecule is CCOC(=O)[C@H]1[C@@H]2COc3ccc(Br)cc3[C@H]2N2C(=O)N(c3ccccc3)C(=O)[C@H]12. The molecule has 3 aliphatic heterocycles. The number of amides is 3. The number of hydrogen-bond donors (Lipinski definition) is 0. The van der Waals surface area contributed by atoms with Crippen LogP contribution in [0, 0.1) is 11.8 Å². The smallest absolute Gasteiger partial charge is 0.332 e. The van der Waals surface area contributed by atoms with Gasteiger partial charge in [0.05, 0.1) is 30.9 Å². The van der Waals surface area contributed by atoms with Gasteiger partial charge >= 0.3 is 12.0 Å². The lowest BCUT2D eigenvalue weighted by Gasteiger charge is -2.34. The average molecular weight is 471 g/mol. The molecule has 30 heavy (non-hydrogen) atoms. The van der Waals surface area contributed by atoms with Crippen molar-refractivity contribution in [3.8, 4) is 5.75 Å². The van der Waals surface area contributed by atoms with Gasteiger partial charge in [-0.15, -0.1) is 0 Å². The standard InChI is InChI=1S/C22H19BrN2O5/c1-2-29-21(27)17-15-11-30-16-9-8-12(23)10-14(16)18(15)25-19(17)20(26)24(22(25)28)13-6-4-3-5-7-13/h3-10,15,17-19H,2,11H2,1H3/t15-,17-,18+,19-/m0/s1. The third kappa shape index (κ3) is 2.66. The first kappa shape index (κ1) is 19.1. The van der Waals surface area contributed by atoms with Gasteiger partial charge in [0.2, 0.25) is 0 Å². The number of ether oxygens (including phenoxy) is 2. The van der Waals surface area contributed by atoms with Crippen molar-refractivity contribution in [3.63, 3.8) is 0 Å². The van der Waals surface area contributed by atoms with Crippen LogP contribution in [0.2, 0.25) is 0 Å². The van der Waals surface area contributed by atoms with Gasteiger partial charge in [-0.25, -0.2) is 9.69 Å². The molecule has 3 amide bonds. The van der Waals surface area contributed by atoms with Crippen LogP contribution in [0.4, 0.5) is 10.5 Å². The predicted octanol–water partition coefficient (Wildman–Crippen LogP) is 3.53. The fourth-order valence-corrected chi connectivity index (χ4v) is 5.21. The fourth-order valence-electron chi connectivity index (χ4n) is 4.84. The minimum absolute atomic E-state index is 0.201. The second kappa shape index (κ2) is 7.12. The zero-order chi connectivity index (χ0) is 21.0. The number of anilines is 1. The van der Waals surface area contributed by atoms with E-state index in [2.05, 4.69) is 15.9 Å². The van der Waals surface area contributed by atoms with Crippen LogP contribution in [-0.4, -0.2) is 42.1 Å². The lowest BCUT2D eigenvalue weighted by molar-refractivity contribution is -0.152. The number of carbonyl (C=O) groups is 3. The summed E-state index contributed by atoms with van der Waals surface area (Å²) in [6, 6.07) is 12.6. The number of carbonyl (C=O) groups excluding carboxylic acids is 3. The number of urea groups is 1. The summed E-state index contributed by atoms with van der Waals surface area (Å²) in [5.74, 6) is -1.37. The summed E-state index contributed by atoms with van der Waals surface area (Å²) in [7, 11) is 0. The summed E-state index contributed by atoms with van der Waals surface area (Å²) in [6.07, 6.45) is 0. The highest BCUT2D eigenvalue weighted by molar-refractivity contribution is 9.10. The summed E-state index contributed by atoms with van der Waals surface area (Å²) in [4.78, 5) is 42.6. The Morgan fingerprint density at radius 1 is 1.17 bits per heavy atom. The van der Waals surface area contributed by atoms with Gasteiger partial charge < -0.3 is 14.4 Å². The first-order chi connectivity index (χ1) is 14.5. The molecular weight excluding hydrogens is 452 g/mol. The lowest BCUT2D eigenvalue weighted by atomic mass is 9.83. The van der Waals surface area contributed by atoms with Crippen molar-refractivity contribution < 1.29 is 23.9 Å². The van der Waals surface area contributed by atoms with E-state index in [1.165, 1.54) is 4.90 Å².